The smallest absolute Gasteiger partial charge is 0.251 e. The third kappa shape index (κ3) is 3.38. The van der Waals surface area contributed by atoms with Gasteiger partial charge < -0.3 is 10.1 Å². The topological polar surface area (TPSA) is 55.4 Å². The van der Waals surface area contributed by atoms with Crippen LogP contribution in [0.4, 0.5) is 0 Å². The number of carbonyl (C=O) groups is 2. The van der Waals surface area contributed by atoms with Crippen molar-refractivity contribution in [2.75, 3.05) is 13.2 Å². The molecule has 1 aromatic carbocycles. The highest BCUT2D eigenvalue weighted by atomic mass is 16.5. The van der Waals surface area contributed by atoms with E-state index >= 15 is 0 Å². The van der Waals surface area contributed by atoms with Crippen LogP contribution in [-0.2, 0) is 11.2 Å². The monoisotopic (exact) mass is 301 g/mol. The molecule has 1 aliphatic carbocycles. The maximum absolute atomic E-state index is 12.3. The van der Waals surface area contributed by atoms with E-state index in [9.17, 15) is 9.59 Å². The molecule has 1 fully saturated rings. The molecular weight excluding hydrogens is 278 g/mol. The molecule has 0 bridgehead atoms. The minimum absolute atomic E-state index is 0.0522. The third-order valence-corrected chi connectivity index (χ3v) is 4.59. The molecule has 4 nitrogen and oxygen atoms in total. The van der Waals surface area contributed by atoms with E-state index in [0.29, 0.717) is 31.1 Å². The quantitative estimate of drug-likeness (QED) is 0.822. The Labute approximate surface area is 131 Å². The van der Waals surface area contributed by atoms with Crippen molar-refractivity contribution < 1.29 is 14.3 Å². The van der Waals surface area contributed by atoms with Crippen LogP contribution >= 0.6 is 0 Å². The molecule has 1 aromatic rings. The van der Waals surface area contributed by atoms with Crippen molar-refractivity contribution in [1.29, 1.82) is 0 Å². The van der Waals surface area contributed by atoms with Gasteiger partial charge in [0.05, 0.1) is 6.10 Å². The standard InChI is InChI=1S/C18H23NO3/c20-17-10-9-14-15(17)7-3-8-16(14)18(21)19-11-2-1-5-13-6-4-12-22-13/h3,7-8,13H,1-2,4-6,9-12H2,(H,19,21)/t13-/m1/s1. The van der Waals surface area contributed by atoms with Gasteiger partial charge in [-0.15, -0.1) is 0 Å². The maximum Gasteiger partial charge on any atom is 0.251 e. The fraction of sp³-hybridized carbons (Fsp3) is 0.556. The Bertz CT molecular complexity index is 561. The molecule has 1 atom stereocenters. The van der Waals surface area contributed by atoms with E-state index in [1.54, 1.807) is 6.07 Å². The van der Waals surface area contributed by atoms with Crippen LogP contribution in [0.2, 0.25) is 0 Å². The summed E-state index contributed by atoms with van der Waals surface area (Å²) in [6.07, 6.45) is 7.15. The SMILES string of the molecule is O=C1CCc2c1cccc2C(=O)NCCCC[C@@H]1CCCO1. The predicted molar refractivity (Wildman–Crippen MR) is 84.3 cm³/mol. The summed E-state index contributed by atoms with van der Waals surface area (Å²) < 4.78 is 5.59. The Balaban J connectivity index is 1.45. The lowest BCUT2D eigenvalue weighted by Gasteiger charge is -2.10. The molecule has 1 saturated heterocycles. The second-order valence-corrected chi connectivity index (χ2v) is 6.14. The summed E-state index contributed by atoms with van der Waals surface area (Å²) in [5, 5.41) is 2.98. The van der Waals surface area contributed by atoms with Crippen molar-refractivity contribution >= 4 is 11.7 Å². The van der Waals surface area contributed by atoms with Gasteiger partial charge >= 0.3 is 0 Å². The van der Waals surface area contributed by atoms with Gasteiger partial charge in [-0.2, -0.15) is 0 Å². The summed E-state index contributed by atoms with van der Waals surface area (Å²) in [6.45, 7) is 1.59. The molecule has 0 aromatic heterocycles. The van der Waals surface area contributed by atoms with E-state index in [0.717, 1.165) is 37.0 Å². The zero-order chi connectivity index (χ0) is 15.4. The first-order valence-electron chi connectivity index (χ1n) is 8.30. The van der Waals surface area contributed by atoms with Gasteiger partial charge in [0.2, 0.25) is 0 Å². The maximum atomic E-state index is 12.3. The summed E-state index contributed by atoms with van der Waals surface area (Å²) in [7, 11) is 0. The number of rotatable bonds is 6. The van der Waals surface area contributed by atoms with E-state index in [2.05, 4.69) is 5.32 Å². The first-order chi connectivity index (χ1) is 10.8. The highest BCUT2D eigenvalue weighted by Crippen LogP contribution is 2.25. The summed E-state index contributed by atoms with van der Waals surface area (Å²) in [6, 6.07) is 5.44. The van der Waals surface area contributed by atoms with Crippen LogP contribution in [0.1, 0.15) is 64.8 Å². The molecule has 22 heavy (non-hydrogen) atoms. The number of ether oxygens (including phenoxy) is 1. The minimum atomic E-state index is -0.0522. The van der Waals surface area contributed by atoms with Gasteiger partial charge in [0.1, 0.15) is 0 Å². The lowest BCUT2D eigenvalue weighted by Crippen LogP contribution is -2.25. The van der Waals surface area contributed by atoms with Crippen LogP contribution in [0.5, 0.6) is 0 Å². The zero-order valence-electron chi connectivity index (χ0n) is 12.9. The van der Waals surface area contributed by atoms with E-state index in [-0.39, 0.29) is 11.7 Å². The van der Waals surface area contributed by atoms with Gasteiger partial charge in [0.25, 0.3) is 5.91 Å². The number of Topliss-reactive ketones (excluding diaryl/α,β-unsaturated/α-hetero) is 1. The van der Waals surface area contributed by atoms with Crippen molar-refractivity contribution in [3.8, 4) is 0 Å². The fourth-order valence-corrected chi connectivity index (χ4v) is 3.37. The zero-order valence-corrected chi connectivity index (χ0v) is 12.9. The molecule has 1 heterocycles. The minimum Gasteiger partial charge on any atom is -0.378 e. The Morgan fingerprint density at radius 3 is 3.00 bits per heavy atom. The van der Waals surface area contributed by atoms with Crippen molar-refractivity contribution in [1.82, 2.24) is 5.32 Å². The van der Waals surface area contributed by atoms with E-state index < -0.39 is 0 Å². The number of hydrogen-bond donors (Lipinski definition) is 1. The molecule has 2 aliphatic rings. The summed E-state index contributed by atoms with van der Waals surface area (Å²) in [5.41, 5.74) is 2.32. The number of ketones is 1. The molecule has 0 spiro atoms. The number of fused-ring (bicyclic) bond motifs is 1. The first kappa shape index (κ1) is 15.2. The number of unbranched alkanes of at least 4 members (excludes halogenated alkanes) is 1. The Morgan fingerprint density at radius 1 is 1.27 bits per heavy atom. The molecule has 0 radical (unpaired) electrons. The third-order valence-electron chi connectivity index (χ3n) is 4.59. The second kappa shape index (κ2) is 7.05. The lowest BCUT2D eigenvalue weighted by molar-refractivity contribution is 0.0945. The molecule has 1 amide bonds. The molecular formula is C18H23NO3. The number of carbonyl (C=O) groups excluding carboxylic acids is 2. The molecule has 0 unspecified atom stereocenters. The van der Waals surface area contributed by atoms with Gasteiger partial charge in [-0.3, -0.25) is 9.59 Å². The van der Waals surface area contributed by atoms with Crippen molar-refractivity contribution in [3.63, 3.8) is 0 Å². The van der Waals surface area contributed by atoms with Gasteiger partial charge in [-0.1, -0.05) is 12.1 Å². The van der Waals surface area contributed by atoms with Crippen molar-refractivity contribution in [3.05, 3.63) is 34.9 Å². The van der Waals surface area contributed by atoms with Gasteiger partial charge in [0.15, 0.2) is 5.78 Å². The number of amides is 1. The van der Waals surface area contributed by atoms with Crippen LogP contribution in [0, 0.1) is 0 Å². The van der Waals surface area contributed by atoms with E-state index in [1.807, 2.05) is 12.1 Å². The normalized spacial score (nSPS) is 20.2. The molecule has 1 N–H and O–H groups in total. The molecule has 3 rings (SSSR count). The molecule has 1 aliphatic heterocycles. The largest absolute Gasteiger partial charge is 0.378 e. The number of nitrogens with one attached hydrogen (secondary N) is 1. The van der Waals surface area contributed by atoms with E-state index in [1.165, 1.54) is 12.8 Å². The Kier molecular flexibility index (Phi) is 4.88. The van der Waals surface area contributed by atoms with Crippen LogP contribution in [0.15, 0.2) is 18.2 Å². The molecule has 118 valence electrons. The Morgan fingerprint density at radius 2 is 2.18 bits per heavy atom. The van der Waals surface area contributed by atoms with Crippen LogP contribution < -0.4 is 5.32 Å². The van der Waals surface area contributed by atoms with E-state index in [4.69, 9.17) is 4.74 Å². The average Bonchev–Trinajstić information content (AvgIpc) is 3.17. The van der Waals surface area contributed by atoms with Crippen LogP contribution in [0.25, 0.3) is 0 Å². The van der Waals surface area contributed by atoms with Gasteiger partial charge in [-0.05, 0) is 50.2 Å². The fourth-order valence-electron chi connectivity index (χ4n) is 3.37. The Hall–Kier alpha value is -1.68. The highest BCUT2D eigenvalue weighted by Gasteiger charge is 2.24. The number of benzene rings is 1. The van der Waals surface area contributed by atoms with Gasteiger partial charge in [0, 0.05) is 30.7 Å². The molecule has 4 heteroatoms. The van der Waals surface area contributed by atoms with Crippen molar-refractivity contribution in [2.24, 2.45) is 0 Å². The first-order valence-corrected chi connectivity index (χ1v) is 8.30. The van der Waals surface area contributed by atoms with Crippen LogP contribution in [0.3, 0.4) is 0 Å². The summed E-state index contributed by atoms with van der Waals surface area (Å²) in [5.74, 6) is 0.102. The van der Waals surface area contributed by atoms with Crippen molar-refractivity contribution in [2.45, 2.75) is 51.0 Å². The second-order valence-electron chi connectivity index (χ2n) is 6.14. The average molecular weight is 301 g/mol. The summed E-state index contributed by atoms with van der Waals surface area (Å²) >= 11 is 0. The molecule has 0 saturated carbocycles. The summed E-state index contributed by atoms with van der Waals surface area (Å²) in [4.78, 5) is 24.0. The number of hydrogen-bond acceptors (Lipinski definition) is 3. The van der Waals surface area contributed by atoms with Gasteiger partial charge in [-0.25, -0.2) is 0 Å². The lowest BCUT2D eigenvalue weighted by atomic mass is 10.0. The highest BCUT2D eigenvalue weighted by molar-refractivity contribution is 6.05. The predicted octanol–water partition coefficient (Wildman–Crippen LogP) is 2.89. The van der Waals surface area contributed by atoms with Crippen LogP contribution in [-0.4, -0.2) is 30.9 Å².